The fourth-order valence-electron chi connectivity index (χ4n) is 3.17. The van der Waals surface area contributed by atoms with Crippen molar-refractivity contribution in [2.75, 3.05) is 12.4 Å². The highest BCUT2D eigenvalue weighted by Crippen LogP contribution is 2.30. The Morgan fingerprint density at radius 2 is 2.17 bits per heavy atom. The number of para-hydroxylation sites is 1. The van der Waals surface area contributed by atoms with E-state index in [0.717, 1.165) is 46.9 Å². The summed E-state index contributed by atoms with van der Waals surface area (Å²) in [4.78, 5) is 4.79. The minimum Gasteiger partial charge on any atom is -0.377 e. The number of thioether (sulfide) groups is 1. The summed E-state index contributed by atoms with van der Waals surface area (Å²) >= 11 is 1.64. The second-order valence-electron chi connectivity index (χ2n) is 6.19. The fourth-order valence-corrected chi connectivity index (χ4v) is 4.02. The van der Waals surface area contributed by atoms with Crippen LogP contribution >= 0.6 is 11.8 Å². The van der Waals surface area contributed by atoms with E-state index in [-0.39, 0.29) is 0 Å². The molecule has 6 heteroatoms. The predicted octanol–water partition coefficient (Wildman–Crippen LogP) is 3.83. The van der Waals surface area contributed by atoms with Crippen LogP contribution < -0.4 is 0 Å². The number of nitrogens with zero attached hydrogens (tertiary/aromatic N) is 4. The molecule has 0 amide bonds. The average molecular weight is 328 g/mol. The molecule has 3 heterocycles. The molecule has 4 rings (SSSR count). The van der Waals surface area contributed by atoms with Gasteiger partial charge in [-0.1, -0.05) is 30.0 Å². The van der Waals surface area contributed by atoms with Crippen LogP contribution in [0.3, 0.4) is 0 Å². The molecular weight excluding hydrogens is 308 g/mol. The van der Waals surface area contributed by atoms with E-state index >= 15 is 0 Å². The van der Waals surface area contributed by atoms with Crippen molar-refractivity contribution in [2.24, 2.45) is 0 Å². The Labute approximate surface area is 139 Å². The highest BCUT2D eigenvalue weighted by Gasteiger charge is 2.19. The molecule has 1 unspecified atom stereocenters. The van der Waals surface area contributed by atoms with Crippen LogP contribution in [0, 0.1) is 0 Å². The standard InChI is InChI=1S/C17H20N4OS/c1-11(2)21-14-8-4-3-7-13(14)15-16(21)18-17(20-19-15)23-10-12-6-5-9-22-12/h3-4,7-8,11-12H,5-6,9-10H2,1-2H3. The van der Waals surface area contributed by atoms with E-state index in [9.17, 15) is 0 Å². The van der Waals surface area contributed by atoms with Gasteiger partial charge in [0.25, 0.3) is 0 Å². The Bertz CT molecular complexity index is 839. The lowest BCUT2D eigenvalue weighted by Gasteiger charge is -2.11. The summed E-state index contributed by atoms with van der Waals surface area (Å²) in [7, 11) is 0. The maximum atomic E-state index is 5.67. The number of aromatic nitrogens is 4. The molecule has 0 saturated carbocycles. The van der Waals surface area contributed by atoms with Gasteiger partial charge in [-0.3, -0.25) is 0 Å². The summed E-state index contributed by atoms with van der Waals surface area (Å²) in [6.07, 6.45) is 2.62. The molecule has 1 aliphatic rings. The minimum absolute atomic E-state index is 0.324. The molecule has 0 aliphatic carbocycles. The summed E-state index contributed by atoms with van der Waals surface area (Å²) in [5, 5.41) is 10.6. The smallest absolute Gasteiger partial charge is 0.211 e. The third kappa shape index (κ3) is 2.70. The molecule has 1 aromatic carbocycles. The van der Waals surface area contributed by atoms with Crippen LogP contribution in [0.2, 0.25) is 0 Å². The molecule has 1 saturated heterocycles. The van der Waals surface area contributed by atoms with Crippen molar-refractivity contribution in [3.05, 3.63) is 24.3 Å². The van der Waals surface area contributed by atoms with Gasteiger partial charge in [0.15, 0.2) is 5.65 Å². The van der Waals surface area contributed by atoms with Crippen LogP contribution in [0.4, 0.5) is 0 Å². The number of hydrogen-bond acceptors (Lipinski definition) is 5. The Hall–Kier alpha value is -1.66. The van der Waals surface area contributed by atoms with Gasteiger partial charge in [0.2, 0.25) is 5.16 Å². The van der Waals surface area contributed by atoms with Gasteiger partial charge in [-0.2, -0.15) is 0 Å². The lowest BCUT2D eigenvalue weighted by Crippen LogP contribution is -2.09. The molecule has 1 fully saturated rings. The van der Waals surface area contributed by atoms with Crippen molar-refractivity contribution in [3.63, 3.8) is 0 Å². The van der Waals surface area contributed by atoms with Gasteiger partial charge >= 0.3 is 0 Å². The lowest BCUT2D eigenvalue weighted by atomic mass is 10.2. The molecule has 23 heavy (non-hydrogen) atoms. The van der Waals surface area contributed by atoms with Crippen molar-refractivity contribution in [2.45, 2.75) is 44.0 Å². The summed E-state index contributed by atoms with van der Waals surface area (Å²) < 4.78 is 7.92. The molecule has 0 spiro atoms. The van der Waals surface area contributed by atoms with Crippen LogP contribution in [-0.4, -0.2) is 38.2 Å². The van der Waals surface area contributed by atoms with Gasteiger partial charge in [0.1, 0.15) is 5.52 Å². The maximum absolute atomic E-state index is 5.67. The second kappa shape index (κ2) is 6.09. The zero-order valence-corrected chi connectivity index (χ0v) is 14.2. The van der Waals surface area contributed by atoms with Gasteiger partial charge in [-0.05, 0) is 32.8 Å². The largest absolute Gasteiger partial charge is 0.377 e. The first-order valence-electron chi connectivity index (χ1n) is 8.12. The SMILES string of the molecule is CC(C)n1c2ccccc2c2nnc(SCC3CCCO3)nc21. The van der Waals surface area contributed by atoms with Gasteiger partial charge in [-0.25, -0.2) is 4.98 Å². The number of fused-ring (bicyclic) bond motifs is 3. The second-order valence-corrected chi connectivity index (χ2v) is 7.18. The van der Waals surface area contributed by atoms with Crippen molar-refractivity contribution in [1.29, 1.82) is 0 Å². The monoisotopic (exact) mass is 328 g/mol. The molecule has 120 valence electrons. The summed E-state index contributed by atoms with van der Waals surface area (Å²) in [5.74, 6) is 0.898. The molecule has 1 atom stereocenters. The summed E-state index contributed by atoms with van der Waals surface area (Å²) in [5.41, 5.74) is 2.97. The third-order valence-electron chi connectivity index (χ3n) is 4.23. The van der Waals surface area contributed by atoms with Crippen molar-refractivity contribution in [1.82, 2.24) is 19.7 Å². The van der Waals surface area contributed by atoms with Crippen molar-refractivity contribution in [3.8, 4) is 0 Å². The quantitative estimate of drug-likeness (QED) is 0.681. The number of ether oxygens (including phenoxy) is 1. The highest BCUT2D eigenvalue weighted by molar-refractivity contribution is 7.99. The van der Waals surface area contributed by atoms with Gasteiger partial charge in [0.05, 0.1) is 11.6 Å². The van der Waals surface area contributed by atoms with E-state index in [1.54, 1.807) is 11.8 Å². The normalized spacial score (nSPS) is 18.5. The molecule has 5 nitrogen and oxygen atoms in total. The zero-order chi connectivity index (χ0) is 15.8. The Balaban J connectivity index is 1.74. The van der Waals surface area contributed by atoms with E-state index < -0.39 is 0 Å². The zero-order valence-electron chi connectivity index (χ0n) is 13.4. The van der Waals surface area contributed by atoms with Crippen LogP contribution in [0.1, 0.15) is 32.7 Å². The number of benzene rings is 1. The molecule has 0 radical (unpaired) electrons. The number of rotatable bonds is 4. The molecule has 0 N–H and O–H groups in total. The van der Waals surface area contributed by atoms with Crippen LogP contribution in [0.15, 0.2) is 29.4 Å². The van der Waals surface area contributed by atoms with Gasteiger partial charge in [-0.15, -0.1) is 10.2 Å². The first kappa shape index (κ1) is 14.9. The van der Waals surface area contributed by atoms with Crippen molar-refractivity contribution < 1.29 is 4.74 Å². The fraction of sp³-hybridized carbons (Fsp3) is 0.471. The summed E-state index contributed by atoms with van der Waals surface area (Å²) in [6.45, 7) is 5.23. The third-order valence-corrected chi connectivity index (χ3v) is 5.20. The van der Waals surface area contributed by atoms with Crippen LogP contribution in [-0.2, 0) is 4.74 Å². The maximum Gasteiger partial charge on any atom is 0.211 e. The van der Waals surface area contributed by atoms with E-state index in [1.165, 1.54) is 5.52 Å². The first-order chi connectivity index (χ1) is 11.2. The Kier molecular flexibility index (Phi) is 3.95. The van der Waals surface area contributed by atoms with E-state index in [0.29, 0.717) is 12.1 Å². The molecular formula is C17H20N4OS. The Morgan fingerprint density at radius 3 is 2.96 bits per heavy atom. The highest BCUT2D eigenvalue weighted by atomic mass is 32.2. The lowest BCUT2D eigenvalue weighted by molar-refractivity contribution is 0.129. The molecule has 0 bridgehead atoms. The van der Waals surface area contributed by atoms with E-state index in [2.05, 4.69) is 46.8 Å². The first-order valence-corrected chi connectivity index (χ1v) is 9.10. The summed E-state index contributed by atoms with van der Waals surface area (Å²) in [6, 6.07) is 8.63. The molecule has 3 aromatic rings. The van der Waals surface area contributed by atoms with E-state index in [4.69, 9.17) is 9.72 Å². The predicted molar refractivity (Wildman–Crippen MR) is 92.9 cm³/mol. The van der Waals surface area contributed by atoms with Crippen LogP contribution in [0.5, 0.6) is 0 Å². The van der Waals surface area contributed by atoms with Gasteiger partial charge in [0, 0.05) is 23.8 Å². The van der Waals surface area contributed by atoms with E-state index in [1.807, 2.05) is 6.07 Å². The average Bonchev–Trinajstić information content (AvgIpc) is 3.18. The molecule has 1 aliphatic heterocycles. The van der Waals surface area contributed by atoms with Crippen molar-refractivity contribution >= 4 is 33.8 Å². The Morgan fingerprint density at radius 1 is 1.30 bits per heavy atom. The van der Waals surface area contributed by atoms with Crippen LogP contribution in [0.25, 0.3) is 22.1 Å². The van der Waals surface area contributed by atoms with Gasteiger partial charge < -0.3 is 9.30 Å². The number of hydrogen-bond donors (Lipinski definition) is 0. The molecule has 2 aromatic heterocycles. The minimum atomic E-state index is 0.324. The topological polar surface area (TPSA) is 52.8 Å².